The molecule has 1 aromatic rings. The Morgan fingerprint density at radius 2 is 1.77 bits per heavy atom. The Kier molecular flexibility index (Phi) is 5.91. The van der Waals surface area contributed by atoms with Crippen LogP contribution in [-0.4, -0.2) is 60.7 Å². The second-order valence-electron chi connectivity index (χ2n) is 5.92. The van der Waals surface area contributed by atoms with E-state index in [1.807, 2.05) is 0 Å². The average Bonchev–Trinajstić information content (AvgIpc) is 3.43. The van der Waals surface area contributed by atoms with Gasteiger partial charge in [-0.1, -0.05) is 0 Å². The van der Waals surface area contributed by atoms with Crippen molar-refractivity contribution in [2.45, 2.75) is 31.8 Å². The Bertz CT molecular complexity index is 690. The second-order valence-corrected chi connectivity index (χ2v) is 5.92. The summed E-state index contributed by atoms with van der Waals surface area (Å²) >= 11 is 0. The number of hydrogen-bond donors (Lipinski definition) is 2. The number of benzene rings is 1. The lowest BCUT2D eigenvalue weighted by Gasteiger charge is -2.27. The van der Waals surface area contributed by atoms with Crippen molar-refractivity contribution in [3.05, 3.63) is 17.7 Å². The topological polar surface area (TPSA) is 128 Å². The van der Waals surface area contributed by atoms with Crippen molar-refractivity contribution in [2.75, 3.05) is 20.8 Å². The summed E-state index contributed by atoms with van der Waals surface area (Å²) in [4.78, 5) is 36.6. The van der Waals surface area contributed by atoms with Crippen molar-refractivity contribution in [3.63, 3.8) is 0 Å². The molecule has 9 heteroatoms. The molecule has 1 aliphatic carbocycles. The standard InChI is InChI=1S/C17H22N2O7/c1-9(17(22)23)19(11-4-5-11)16(21)10-6-12(24-2)15(13(7-10)25-3)26-8-14(18)20/h6-7,9,11H,4-5,8H2,1-3H3,(H2,18,20)(H,22,23). The van der Waals surface area contributed by atoms with Gasteiger partial charge in [-0.05, 0) is 31.9 Å². The third-order valence-electron chi connectivity index (χ3n) is 4.02. The zero-order valence-electron chi connectivity index (χ0n) is 14.9. The SMILES string of the molecule is COc1cc(C(=O)N(C2CC2)C(C)C(=O)O)cc(OC)c1OCC(N)=O. The maximum Gasteiger partial charge on any atom is 0.326 e. The number of carbonyl (C=O) groups excluding carboxylic acids is 2. The number of methoxy groups -OCH3 is 2. The molecule has 142 valence electrons. The summed E-state index contributed by atoms with van der Waals surface area (Å²) < 4.78 is 15.8. The summed E-state index contributed by atoms with van der Waals surface area (Å²) in [5.74, 6) is -1.72. The fraction of sp³-hybridized carbons (Fsp3) is 0.471. The molecule has 0 spiro atoms. The molecule has 1 atom stereocenters. The predicted molar refractivity (Wildman–Crippen MR) is 90.5 cm³/mol. The van der Waals surface area contributed by atoms with Crippen LogP contribution in [0.1, 0.15) is 30.1 Å². The summed E-state index contributed by atoms with van der Waals surface area (Å²) in [6.45, 7) is 1.08. The van der Waals surface area contributed by atoms with Gasteiger partial charge in [0.25, 0.3) is 11.8 Å². The highest BCUT2D eigenvalue weighted by atomic mass is 16.5. The predicted octanol–water partition coefficient (Wildman–Crippen LogP) is 0.646. The van der Waals surface area contributed by atoms with E-state index < -0.39 is 23.8 Å². The van der Waals surface area contributed by atoms with Crippen molar-refractivity contribution in [2.24, 2.45) is 5.73 Å². The number of amides is 2. The molecule has 0 aromatic heterocycles. The molecule has 0 saturated heterocycles. The molecule has 2 amide bonds. The average molecular weight is 366 g/mol. The molecule has 26 heavy (non-hydrogen) atoms. The van der Waals surface area contributed by atoms with Crippen LogP contribution >= 0.6 is 0 Å². The fourth-order valence-electron chi connectivity index (χ4n) is 2.57. The Morgan fingerprint density at radius 1 is 1.23 bits per heavy atom. The minimum absolute atomic E-state index is 0.101. The highest BCUT2D eigenvalue weighted by molar-refractivity contribution is 5.98. The van der Waals surface area contributed by atoms with Gasteiger partial charge in [-0.25, -0.2) is 4.79 Å². The highest BCUT2D eigenvalue weighted by Crippen LogP contribution is 2.40. The largest absolute Gasteiger partial charge is 0.493 e. The van der Waals surface area contributed by atoms with E-state index >= 15 is 0 Å². The first-order chi connectivity index (χ1) is 12.3. The third kappa shape index (κ3) is 4.16. The molecule has 3 N–H and O–H groups in total. The van der Waals surface area contributed by atoms with Crippen molar-refractivity contribution >= 4 is 17.8 Å². The van der Waals surface area contributed by atoms with Gasteiger partial charge < -0.3 is 30.0 Å². The van der Waals surface area contributed by atoms with E-state index in [1.54, 1.807) is 0 Å². The van der Waals surface area contributed by atoms with Gasteiger partial charge >= 0.3 is 5.97 Å². The molecule has 1 aliphatic rings. The number of primary amides is 1. The minimum Gasteiger partial charge on any atom is -0.493 e. The molecule has 9 nitrogen and oxygen atoms in total. The van der Waals surface area contributed by atoms with Gasteiger partial charge in [0.05, 0.1) is 14.2 Å². The minimum atomic E-state index is -1.08. The second kappa shape index (κ2) is 7.94. The van der Waals surface area contributed by atoms with Crippen LogP contribution in [-0.2, 0) is 9.59 Å². The van der Waals surface area contributed by atoms with E-state index in [9.17, 15) is 19.5 Å². The van der Waals surface area contributed by atoms with Crippen LogP contribution in [0.5, 0.6) is 17.2 Å². The van der Waals surface area contributed by atoms with Crippen molar-refractivity contribution in [1.82, 2.24) is 4.90 Å². The van der Waals surface area contributed by atoms with Crippen LogP contribution in [0.25, 0.3) is 0 Å². The quantitative estimate of drug-likeness (QED) is 0.656. The summed E-state index contributed by atoms with van der Waals surface area (Å²) in [6.07, 6.45) is 1.52. The number of nitrogens with zero attached hydrogens (tertiary/aromatic N) is 1. The van der Waals surface area contributed by atoms with Crippen LogP contribution in [0, 0.1) is 0 Å². The Balaban J connectivity index is 2.40. The van der Waals surface area contributed by atoms with Crippen molar-refractivity contribution < 1.29 is 33.7 Å². The number of aliphatic carboxylic acids is 1. The lowest BCUT2D eigenvalue weighted by molar-refractivity contribution is -0.141. The normalized spacial score (nSPS) is 14.3. The van der Waals surface area contributed by atoms with Crippen LogP contribution < -0.4 is 19.9 Å². The van der Waals surface area contributed by atoms with Gasteiger partial charge in [-0.3, -0.25) is 9.59 Å². The Morgan fingerprint density at radius 3 is 2.15 bits per heavy atom. The third-order valence-corrected chi connectivity index (χ3v) is 4.02. The van der Waals surface area contributed by atoms with Crippen LogP contribution in [0.15, 0.2) is 12.1 Å². The Labute approximate surface area is 150 Å². The van der Waals surface area contributed by atoms with Crippen LogP contribution in [0.2, 0.25) is 0 Å². The zero-order valence-corrected chi connectivity index (χ0v) is 14.9. The first kappa shape index (κ1) is 19.4. The first-order valence-corrected chi connectivity index (χ1v) is 8.02. The smallest absolute Gasteiger partial charge is 0.326 e. The number of carbonyl (C=O) groups is 3. The lowest BCUT2D eigenvalue weighted by Crippen LogP contribution is -2.44. The molecular formula is C17H22N2O7. The molecule has 0 bridgehead atoms. The van der Waals surface area contributed by atoms with Gasteiger partial charge in [-0.2, -0.15) is 0 Å². The summed E-state index contributed by atoms with van der Waals surface area (Å²) in [5, 5.41) is 9.29. The molecule has 0 heterocycles. The molecular weight excluding hydrogens is 344 g/mol. The molecule has 1 aromatic carbocycles. The van der Waals surface area contributed by atoms with E-state index in [0.29, 0.717) is 0 Å². The molecule has 1 fully saturated rings. The van der Waals surface area contributed by atoms with Crippen LogP contribution in [0.3, 0.4) is 0 Å². The van der Waals surface area contributed by atoms with E-state index in [1.165, 1.54) is 38.2 Å². The number of carboxylic acid groups (broad SMARTS) is 1. The van der Waals surface area contributed by atoms with E-state index in [2.05, 4.69) is 0 Å². The summed E-state index contributed by atoms with van der Waals surface area (Å²) in [7, 11) is 2.75. The number of hydrogen-bond acceptors (Lipinski definition) is 6. The fourth-order valence-corrected chi connectivity index (χ4v) is 2.57. The molecule has 0 aliphatic heterocycles. The Hall–Kier alpha value is -2.97. The number of nitrogens with two attached hydrogens (primary N) is 1. The van der Waals surface area contributed by atoms with E-state index in [-0.39, 0.29) is 35.5 Å². The molecule has 2 rings (SSSR count). The van der Waals surface area contributed by atoms with Crippen molar-refractivity contribution in [3.8, 4) is 17.2 Å². The van der Waals surface area contributed by atoms with Gasteiger partial charge in [0.1, 0.15) is 6.04 Å². The summed E-state index contributed by atoms with van der Waals surface area (Å²) in [5.41, 5.74) is 5.28. The van der Waals surface area contributed by atoms with E-state index in [0.717, 1.165) is 12.8 Å². The van der Waals surface area contributed by atoms with E-state index in [4.69, 9.17) is 19.9 Å². The van der Waals surface area contributed by atoms with Gasteiger partial charge in [0.15, 0.2) is 18.1 Å². The lowest BCUT2D eigenvalue weighted by atomic mass is 10.1. The van der Waals surface area contributed by atoms with Gasteiger partial charge in [0.2, 0.25) is 5.75 Å². The molecule has 1 saturated carbocycles. The highest BCUT2D eigenvalue weighted by Gasteiger charge is 2.39. The zero-order chi connectivity index (χ0) is 19.4. The number of rotatable bonds is 9. The maximum atomic E-state index is 12.9. The van der Waals surface area contributed by atoms with Crippen LogP contribution in [0.4, 0.5) is 0 Å². The van der Waals surface area contributed by atoms with Gasteiger partial charge in [0, 0.05) is 11.6 Å². The van der Waals surface area contributed by atoms with Crippen molar-refractivity contribution in [1.29, 1.82) is 0 Å². The molecule has 0 radical (unpaired) electrons. The number of carboxylic acids is 1. The number of ether oxygens (including phenoxy) is 3. The first-order valence-electron chi connectivity index (χ1n) is 8.02. The summed E-state index contributed by atoms with van der Waals surface area (Å²) in [6, 6.07) is 1.78. The van der Waals surface area contributed by atoms with Gasteiger partial charge in [-0.15, -0.1) is 0 Å². The monoisotopic (exact) mass is 366 g/mol. The molecule has 1 unspecified atom stereocenters. The maximum absolute atomic E-state index is 12.9.